The van der Waals surface area contributed by atoms with Crippen LogP contribution >= 0.6 is 0 Å². The zero-order chi connectivity index (χ0) is 17.1. The van der Waals surface area contributed by atoms with Crippen LogP contribution in [0.3, 0.4) is 0 Å². The third kappa shape index (κ3) is 3.33. The zero-order valence-electron chi connectivity index (χ0n) is 13.8. The fraction of sp³-hybridized carbons (Fsp3) is 0.158. The molecule has 1 aliphatic rings. The maximum absolute atomic E-state index is 5.40. The van der Waals surface area contributed by atoms with Crippen molar-refractivity contribution in [3.8, 4) is 11.5 Å². The second kappa shape index (κ2) is 6.68. The molecule has 3 aromatic rings. The summed E-state index contributed by atoms with van der Waals surface area (Å²) >= 11 is 0. The molecule has 6 heteroatoms. The standard InChI is InChI=1S/C19H18N4O2/c1-2-13-5-3-4-6-15(13)23-19-10-18(20-11-21-19)22-14-7-8-16-17(9-14)25-12-24-16/h3-11H,2,12H2,1H3,(H2,20,21,22,23). The summed E-state index contributed by atoms with van der Waals surface area (Å²) in [5, 5.41) is 6.62. The van der Waals surface area contributed by atoms with Crippen molar-refractivity contribution in [2.24, 2.45) is 0 Å². The predicted octanol–water partition coefficient (Wildman–Crippen LogP) is 4.25. The van der Waals surface area contributed by atoms with Crippen LogP contribution in [-0.2, 0) is 6.42 Å². The number of anilines is 4. The summed E-state index contributed by atoms with van der Waals surface area (Å²) in [7, 11) is 0. The summed E-state index contributed by atoms with van der Waals surface area (Å²) in [6.45, 7) is 2.39. The molecular weight excluding hydrogens is 316 g/mol. The van der Waals surface area contributed by atoms with Gasteiger partial charge in [-0.05, 0) is 30.2 Å². The van der Waals surface area contributed by atoms with E-state index in [0.29, 0.717) is 5.82 Å². The summed E-state index contributed by atoms with van der Waals surface area (Å²) in [5.74, 6) is 2.92. The molecule has 25 heavy (non-hydrogen) atoms. The molecule has 2 N–H and O–H groups in total. The van der Waals surface area contributed by atoms with Crippen molar-refractivity contribution in [1.29, 1.82) is 0 Å². The lowest BCUT2D eigenvalue weighted by molar-refractivity contribution is 0.174. The van der Waals surface area contributed by atoms with Crippen molar-refractivity contribution in [3.05, 3.63) is 60.4 Å². The number of benzene rings is 2. The fourth-order valence-electron chi connectivity index (χ4n) is 2.70. The number of aromatic nitrogens is 2. The van der Waals surface area contributed by atoms with E-state index in [1.807, 2.05) is 42.5 Å². The number of para-hydroxylation sites is 1. The quantitative estimate of drug-likeness (QED) is 0.727. The van der Waals surface area contributed by atoms with Crippen molar-refractivity contribution >= 4 is 23.0 Å². The lowest BCUT2D eigenvalue weighted by Crippen LogP contribution is -2.00. The van der Waals surface area contributed by atoms with Gasteiger partial charge in [0.1, 0.15) is 18.0 Å². The Morgan fingerprint density at radius 1 is 0.920 bits per heavy atom. The summed E-state index contributed by atoms with van der Waals surface area (Å²) in [4.78, 5) is 8.58. The summed E-state index contributed by atoms with van der Waals surface area (Å²) in [6.07, 6.45) is 2.49. The molecule has 6 nitrogen and oxygen atoms in total. The van der Waals surface area contributed by atoms with Gasteiger partial charge in [0, 0.05) is 23.5 Å². The van der Waals surface area contributed by atoms with Crippen LogP contribution in [0.15, 0.2) is 54.9 Å². The highest BCUT2D eigenvalue weighted by molar-refractivity contribution is 5.66. The van der Waals surface area contributed by atoms with Crippen LogP contribution < -0.4 is 20.1 Å². The van der Waals surface area contributed by atoms with E-state index in [4.69, 9.17) is 9.47 Å². The molecule has 0 saturated carbocycles. The van der Waals surface area contributed by atoms with Crippen LogP contribution in [0, 0.1) is 0 Å². The van der Waals surface area contributed by atoms with Crippen molar-refractivity contribution in [2.75, 3.05) is 17.4 Å². The van der Waals surface area contributed by atoms with Crippen LogP contribution in [0.4, 0.5) is 23.0 Å². The Kier molecular flexibility index (Phi) is 4.08. The first kappa shape index (κ1) is 15.3. The van der Waals surface area contributed by atoms with Gasteiger partial charge in [0.2, 0.25) is 6.79 Å². The van der Waals surface area contributed by atoms with Crippen LogP contribution in [0.1, 0.15) is 12.5 Å². The van der Waals surface area contributed by atoms with Crippen molar-refractivity contribution in [2.45, 2.75) is 13.3 Å². The van der Waals surface area contributed by atoms with Crippen LogP contribution in [0.2, 0.25) is 0 Å². The van der Waals surface area contributed by atoms with E-state index in [-0.39, 0.29) is 6.79 Å². The molecule has 0 atom stereocenters. The SMILES string of the molecule is CCc1ccccc1Nc1cc(Nc2ccc3c(c2)OCO3)ncn1. The molecule has 1 aliphatic heterocycles. The molecule has 1 aromatic heterocycles. The minimum atomic E-state index is 0.261. The molecule has 126 valence electrons. The van der Waals surface area contributed by atoms with Crippen molar-refractivity contribution in [1.82, 2.24) is 9.97 Å². The van der Waals surface area contributed by atoms with Gasteiger partial charge >= 0.3 is 0 Å². The Bertz CT molecular complexity index is 898. The maximum Gasteiger partial charge on any atom is 0.231 e. The third-order valence-electron chi connectivity index (χ3n) is 3.97. The van der Waals surface area contributed by atoms with E-state index in [2.05, 4.69) is 33.6 Å². The Morgan fingerprint density at radius 2 is 1.72 bits per heavy atom. The van der Waals surface area contributed by atoms with Crippen LogP contribution in [-0.4, -0.2) is 16.8 Å². The number of hydrogen-bond donors (Lipinski definition) is 2. The smallest absolute Gasteiger partial charge is 0.231 e. The average Bonchev–Trinajstić information content (AvgIpc) is 3.10. The second-order valence-electron chi connectivity index (χ2n) is 5.62. The molecule has 0 amide bonds. The number of rotatable bonds is 5. The molecule has 0 bridgehead atoms. The monoisotopic (exact) mass is 334 g/mol. The number of fused-ring (bicyclic) bond motifs is 1. The highest BCUT2D eigenvalue weighted by Gasteiger charge is 2.13. The number of ether oxygens (including phenoxy) is 2. The minimum absolute atomic E-state index is 0.261. The molecule has 4 rings (SSSR count). The molecule has 0 radical (unpaired) electrons. The molecular formula is C19H18N4O2. The maximum atomic E-state index is 5.40. The van der Waals surface area contributed by atoms with E-state index in [1.165, 1.54) is 11.9 Å². The minimum Gasteiger partial charge on any atom is -0.454 e. The second-order valence-corrected chi connectivity index (χ2v) is 5.62. The first-order valence-corrected chi connectivity index (χ1v) is 8.15. The molecule has 0 fully saturated rings. The largest absolute Gasteiger partial charge is 0.454 e. The van der Waals surface area contributed by atoms with Gasteiger partial charge in [-0.3, -0.25) is 0 Å². The summed E-state index contributed by atoms with van der Waals surface area (Å²) in [6, 6.07) is 15.8. The average molecular weight is 334 g/mol. The summed E-state index contributed by atoms with van der Waals surface area (Å²) in [5.41, 5.74) is 3.17. The third-order valence-corrected chi connectivity index (χ3v) is 3.97. The Hall–Kier alpha value is -3.28. The number of nitrogens with one attached hydrogen (secondary N) is 2. The fourth-order valence-corrected chi connectivity index (χ4v) is 2.70. The van der Waals surface area contributed by atoms with Gasteiger partial charge in [0.05, 0.1) is 0 Å². The van der Waals surface area contributed by atoms with Crippen LogP contribution in [0.5, 0.6) is 11.5 Å². The normalized spacial score (nSPS) is 12.0. The zero-order valence-corrected chi connectivity index (χ0v) is 13.8. The Morgan fingerprint density at radius 3 is 2.60 bits per heavy atom. The highest BCUT2D eigenvalue weighted by Crippen LogP contribution is 2.35. The van der Waals surface area contributed by atoms with Gasteiger partial charge in [-0.2, -0.15) is 0 Å². The van der Waals surface area contributed by atoms with Crippen molar-refractivity contribution in [3.63, 3.8) is 0 Å². The van der Waals surface area contributed by atoms with E-state index >= 15 is 0 Å². The Labute approximate surface area is 145 Å². The van der Waals surface area contributed by atoms with Gasteiger partial charge in [0.25, 0.3) is 0 Å². The molecule has 0 aliphatic carbocycles. The molecule has 2 heterocycles. The highest BCUT2D eigenvalue weighted by atomic mass is 16.7. The van der Waals surface area contributed by atoms with Crippen LogP contribution in [0.25, 0.3) is 0 Å². The summed E-state index contributed by atoms with van der Waals surface area (Å²) < 4.78 is 10.7. The van der Waals surface area contributed by atoms with Gasteiger partial charge in [-0.15, -0.1) is 0 Å². The van der Waals surface area contributed by atoms with Crippen molar-refractivity contribution < 1.29 is 9.47 Å². The van der Waals surface area contributed by atoms with Gasteiger partial charge in [-0.1, -0.05) is 25.1 Å². The van der Waals surface area contributed by atoms with Gasteiger partial charge < -0.3 is 20.1 Å². The van der Waals surface area contributed by atoms with E-state index in [0.717, 1.165) is 35.1 Å². The lowest BCUT2D eigenvalue weighted by Gasteiger charge is -2.11. The topological polar surface area (TPSA) is 68.3 Å². The lowest BCUT2D eigenvalue weighted by atomic mass is 10.1. The van der Waals surface area contributed by atoms with Gasteiger partial charge in [-0.25, -0.2) is 9.97 Å². The number of nitrogens with zero attached hydrogens (tertiary/aromatic N) is 2. The number of hydrogen-bond acceptors (Lipinski definition) is 6. The van der Waals surface area contributed by atoms with E-state index in [9.17, 15) is 0 Å². The van der Waals surface area contributed by atoms with Gasteiger partial charge in [0.15, 0.2) is 11.5 Å². The number of aryl methyl sites for hydroxylation is 1. The molecule has 2 aromatic carbocycles. The van der Waals surface area contributed by atoms with E-state index in [1.54, 1.807) is 0 Å². The van der Waals surface area contributed by atoms with E-state index < -0.39 is 0 Å². The molecule has 0 spiro atoms. The Balaban J connectivity index is 1.53. The first-order chi connectivity index (χ1) is 12.3. The first-order valence-electron chi connectivity index (χ1n) is 8.15. The predicted molar refractivity (Wildman–Crippen MR) is 97.0 cm³/mol. The molecule has 0 unspecified atom stereocenters. The molecule has 0 saturated heterocycles.